The van der Waals surface area contributed by atoms with E-state index in [1.165, 1.54) is 0 Å². The van der Waals surface area contributed by atoms with Gasteiger partial charge in [-0.05, 0) is 47.1 Å². The van der Waals surface area contributed by atoms with Crippen LogP contribution in [0.2, 0.25) is 0 Å². The monoisotopic (exact) mass is 230 g/mol. The fourth-order valence-corrected chi connectivity index (χ4v) is 1.49. The van der Waals surface area contributed by atoms with Crippen LogP contribution in [0.15, 0.2) is 0 Å². The van der Waals surface area contributed by atoms with Crippen LogP contribution < -0.4 is 11.1 Å². The molecule has 0 aromatic heterocycles. The Labute approximate surface area is 98.9 Å². The first-order valence-electron chi connectivity index (χ1n) is 5.90. The summed E-state index contributed by atoms with van der Waals surface area (Å²) in [6.07, 6.45) is 1.52. The first kappa shape index (κ1) is 15.4. The number of hydrogen-bond donors (Lipinski definition) is 2. The van der Waals surface area contributed by atoms with Crippen molar-refractivity contribution in [2.45, 2.75) is 58.6 Å². The fourth-order valence-electron chi connectivity index (χ4n) is 1.49. The zero-order chi connectivity index (χ0) is 12.8. The third-order valence-corrected chi connectivity index (χ3v) is 2.47. The maximum absolute atomic E-state index is 11.3. The molecule has 4 heteroatoms. The second-order valence-electron chi connectivity index (χ2n) is 5.29. The van der Waals surface area contributed by atoms with Crippen LogP contribution in [-0.2, 0) is 9.53 Å². The normalized spacial score (nSPS) is 15.8. The number of carbonyl (C=O) groups is 1. The van der Waals surface area contributed by atoms with Crippen LogP contribution in [0.25, 0.3) is 0 Å². The average Bonchev–Trinajstić information content (AvgIpc) is 2.11. The van der Waals surface area contributed by atoms with Gasteiger partial charge in [0.15, 0.2) is 0 Å². The van der Waals surface area contributed by atoms with Crippen molar-refractivity contribution in [1.29, 1.82) is 0 Å². The maximum Gasteiger partial charge on any atom is 0.237 e. The predicted octanol–water partition coefficient (Wildman–Crippen LogP) is 1.44. The van der Waals surface area contributed by atoms with Crippen LogP contribution in [0.1, 0.15) is 47.5 Å². The Bertz CT molecular complexity index is 224. The Morgan fingerprint density at radius 3 is 2.25 bits per heavy atom. The number of likely N-dealkylation sites (N-methyl/N-ethyl adjacent to an activating group) is 1. The minimum absolute atomic E-state index is 0.124. The van der Waals surface area contributed by atoms with Crippen molar-refractivity contribution in [1.82, 2.24) is 5.32 Å². The zero-order valence-corrected chi connectivity index (χ0v) is 11.2. The summed E-state index contributed by atoms with van der Waals surface area (Å²) in [5, 5.41) is 3.13. The third-order valence-electron chi connectivity index (χ3n) is 2.47. The molecule has 0 radical (unpaired) electrons. The van der Waals surface area contributed by atoms with Gasteiger partial charge in [-0.2, -0.15) is 0 Å². The molecule has 1 unspecified atom stereocenters. The SMILES string of the molecule is CCNC(C)(CCCOC(C)(C)C)C(N)=O. The van der Waals surface area contributed by atoms with Gasteiger partial charge in [0.2, 0.25) is 5.91 Å². The first-order chi connectivity index (χ1) is 7.21. The highest BCUT2D eigenvalue weighted by atomic mass is 16.5. The maximum atomic E-state index is 11.3. The van der Waals surface area contributed by atoms with E-state index in [1.807, 2.05) is 34.6 Å². The van der Waals surface area contributed by atoms with E-state index < -0.39 is 5.54 Å². The Balaban J connectivity index is 4.00. The summed E-state index contributed by atoms with van der Waals surface area (Å²) in [5.41, 5.74) is 4.64. The fraction of sp³-hybridized carbons (Fsp3) is 0.917. The largest absolute Gasteiger partial charge is 0.376 e. The molecule has 0 aliphatic rings. The van der Waals surface area contributed by atoms with E-state index in [2.05, 4.69) is 5.32 Å². The van der Waals surface area contributed by atoms with Crippen LogP contribution >= 0.6 is 0 Å². The van der Waals surface area contributed by atoms with Gasteiger partial charge in [0.1, 0.15) is 0 Å². The summed E-state index contributed by atoms with van der Waals surface area (Å²) in [6, 6.07) is 0. The van der Waals surface area contributed by atoms with E-state index >= 15 is 0 Å². The molecule has 3 N–H and O–H groups in total. The van der Waals surface area contributed by atoms with Crippen LogP contribution in [-0.4, -0.2) is 30.2 Å². The van der Waals surface area contributed by atoms with Gasteiger partial charge in [-0.1, -0.05) is 6.92 Å². The van der Waals surface area contributed by atoms with Crippen molar-refractivity contribution in [3.63, 3.8) is 0 Å². The summed E-state index contributed by atoms with van der Waals surface area (Å²) in [7, 11) is 0. The molecular formula is C12H26N2O2. The molecule has 0 rings (SSSR count). The molecule has 0 aliphatic heterocycles. The molecule has 1 atom stereocenters. The highest BCUT2D eigenvalue weighted by molar-refractivity contribution is 5.84. The minimum Gasteiger partial charge on any atom is -0.376 e. The molecule has 0 fully saturated rings. The van der Waals surface area contributed by atoms with E-state index in [1.54, 1.807) is 0 Å². The predicted molar refractivity (Wildman–Crippen MR) is 66.2 cm³/mol. The van der Waals surface area contributed by atoms with Gasteiger partial charge in [-0.15, -0.1) is 0 Å². The summed E-state index contributed by atoms with van der Waals surface area (Å²) in [5.74, 6) is -0.301. The molecular weight excluding hydrogens is 204 g/mol. The Kier molecular flexibility index (Phi) is 5.97. The van der Waals surface area contributed by atoms with Crippen molar-refractivity contribution in [3.05, 3.63) is 0 Å². The van der Waals surface area contributed by atoms with Gasteiger partial charge in [-0.3, -0.25) is 4.79 Å². The molecule has 0 saturated carbocycles. The Morgan fingerprint density at radius 2 is 1.88 bits per heavy atom. The van der Waals surface area contributed by atoms with Gasteiger partial charge >= 0.3 is 0 Å². The second kappa shape index (κ2) is 6.21. The topological polar surface area (TPSA) is 64.3 Å². The van der Waals surface area contributed by atoms with E-state index in [0.717, 1.165) is 13.0 Å². The summed E-state index contributed by atoms with van der Waals surface area (Å²) in [6.45, 7) is 11.2. The molecule has 0 aromatic carbocycles. The molecule has 0 bridgehead atoms. The van der Waals surface area contributed by atoms with Crippen molar-refractivity contribution in [2.24, 2.45) is 5.73 Å². The molecule has 16 heavy (non-hydrogen) atoms. The molecule has 4 nitrogen and oxygen atoms in total. The number of carbonyl (C=O) groups excluding carboxylic acids is 1. The highest BCUT2D eigenvalue weighted by Gasteiger charge is 2.29. The molecule has 1 amide bonds. The number of nitrogens with two attached hydrogens (primary N) is 1. The van der Waals surface area contributed by atoms with Crippen molar-refractivity contribution in [3.8, 4) is 0 Å². The third kappa shape index (κ3) is 6.08. The standard InChI is InChI=1S/C12H26N2O2/c1-6-14-12(5,10(13)15)8-7-9-16-11(2,3)4/h14H,6-9H2,1-5H3,(H2,13,15). The van der Waals surface area contributed by atoms with Crippen LogP contribution in [0.4, 0.5) is 0 Å². The first-order valence-corrected chi connectivity index (χ1v) is 5.90. The number of nitrogens with one attached hydrogen (secondary N) is 1. The number of hydrogen-bond acceptors (Lipinski definition) is 3. The van der Waals surface area contributed by atoms with Crippen molar-refractivity contribution < 1.29 is 9.53 Å². The average molecular weight is 230 g/mol. The van der Waals surface area contributed by atoms with Crippen LogP contribution in [0.5, 0.6) is 0 Å². The molecule has 0 aliphatic carbocycles. The van der Waals surface area contributed by atoms with Crippen LogP contribution in [0.3, 0.4) is 0 Å². The van der Waals surface area contributed by atoms with E-state index in [0.29, 0.717) is 13.0 Å². The number of amides is 1. The lowest BCUT2D eigenvalue weighted by atomic mass is 9.95. The van der Waals surface area contributed by atoms with E-state index in [9.17, 15) is 4.79 Å². The zero-order valence-electron chi connectivity index (χ0n) is 11.2. The summed E-state index contributed by atoms with van der Waals surface area (Å²) >= 11 is 0. The van der Waals surface area contributed by atoms with Crippen LogP contribution in [0, 0.1) is 0 Å². The number of ether oxygens (including phenoxy) is 1. The summed E-state index contributed by atoms with van der Waals surface area (Å²) in [4.78, 5) is 11.3. The lowest BCUT2D eigenvalue weighted by molar-refractivity contribution is -0.124. The van der Waals surface area contributed by atoms with Crippen molar-refractivity contribution >= 4 is 5.91 Å². The van der Waals surface area contributed by atoms with Gasteiger partial charge in [-0.25, -0.2) is 0 Å². The van der Waals surface area contributed by atoms with Gasteiger partial charge < -0.3 is 15.8 Å². The molecule has 96 valence electrons. The molecule has 0 heterocycles. The van der Waals surface area contributed by atoms with E-state index in [-0.39, 0.29) is 11.5 Å². The quantitative estimate of drug-likeness (QED) is 0.650. The molecule has 0 spiro atoms. The van der Waals surface area contributed by atoms with Gasteiger partial charge in [0, 0.05) is 6.61 Å². The lowest BCUT2D eigenvalue weighted by Gasteiger charge is -2.27. The van der Waals surface area contributed by atoms with Gasteiger partial charge in [0.25, 0.3) is 0 Å². The van der Waals surface area contributed by atoms with Gasteiger partial charge in [0.05, 0.1) is 11.1 Å². The molecule has 0 aromatic rings. The lowest BCUT2D eigenvalue weighted by Crippen LogP contribution is -2.53. The Morgan fingerprint density at radius 1 is 1.31 bits per heavy atom. The number of rotatable bonds is 7. The number of primary amides is 1. The summed E-state index contributed by atoms with van der Waals surface area (Å²) < 4.78 is 5.60. The second-order valence-corrected chi connectivity index (χ2v) is 5.29. The minimum atomic E-state index is -0.615. The van der Waals surface area contributed by atoms with E-state index in [4.69, 9.17) is 10.5 Å². The molecule has 0 saturated heterocycles. The van der Waals surface area contributed by atoms with Crippen molar-refractivity contribution in [2.75, 3.05) is 13.2 Å². The highest BCUT2D eigenvalue weighted by Crippen LogP contribution is 2.14. The Hall–Kier alpha value is -0.610. The smallest absolute Gasteiger partial charge is 0.237 e.